The zero-order chi connectivity index (χ0) is 12.1. The van der Waals surface area contributed by atoms with Gasteiger partial charge in [0.2, 0.25) is 0 Å². The summed E-state index contributed by atoms with van der Waals surface area (Å²) in [6.45, 7) is 0.939. The third kappa shape index (κ3) is 3.32. The third-order valence-electron chi connectivity index (χ3n) is 2.23. The molecule has 0 atom stereocenters. The largest absolute Gasteiger partial charge is 0.494 e. The molecule has 0 N–H and O–H groups in total. The van der Waals surface area contributed by atoms with Crippen LogP contribution in [0.1, 0.15) is 5.56 Å². The van der Waals surface area contributed by atoms with Gasteiger partial charge in [-0.25, -0.2) is 8.78 Å². The van der Waals surface area contributed by atoms with E-state index >= 15 is 0 Å². The molecule has 2 nitrogen and oxygen atoms in total. The van der Waals surface area contributed by atoms with Crippen LogP contribution < -0.4 is 4.74 Å². The quantitative estimate of drug-likeness (QED) is 0.744. The second kappa shape index (κ2) is 6.01. The van der Waals surface area contributed by atoms with Crippen LogP contribution in [0.2, 0.25) is 0 Å². The standard InChI is InChI=1S/C11H14ClF2NO/c1-15(4-3-12)7-8-5-10(14)11(16-2)6-9(8)13/h5-6H,3-4,7H2,1-2H3. The van der Waals surface area contributed by atoms with E-state index in [4.69, 9.17) is 11.6 Å². The number of nitrogens with zero attached hydrogens (tertiary/aromatic N) is 1. The molecule has 1 aromatic carbocycles. The molecule has 90 valence electrons. The predicted octanol–water partition coefficient (Wildman–Crippen LogP) is 2.64. The first-order valence-corrected chi connectivity index (χ1v) is 5.38. The maximum atomic E-state index is 13.5. The molecule has 0 heterocycles. The van der Waals surface area contributed by atoms with Crippen LogP contribution in [0.25, 0.3) is 0 Å². The van der Waals surface area contributed by atoms with Crippen LogP contribution in [0.5, 0.6) is 5.75 Å². The van der Waals surface area contributed by atoms with Crippen LogP contribution in [0.15, 0.2) is 12.1 Å². The van der Waals surface area contributed by atoms with Crippen LogP contribution in [0.4, 0.5) is 8.78 Å². The van der Waals surface area contributed by atoms with Gasteiger partial charge in [-0.15, -0.1) is 11.6 Å². The second-order valence-corrected chi connectivity index (χ2v) is 3.88. The number of methoxy groups -OCH3 is 1. The summed E-state index contributed by atoms with van der Waals surface area (Å²) in [4.78, 5) is 1.82. The summed E-state index contributed by atoms with van der Waals surface area (Å²) in [5.41, 5.74) is 0.297. The Kier molecular flexibility index (Phi) is 4.96. The smallest absolute Gasteiger partial charge is 0.165 e. The van der Waals surface area contributed by atoms with Gasteiger partial charge < -0.3 is 9.64 Å². The molecule has 16 heavy (non-hydrogen) atoms. The maximum absolute atomic E-state index is 13.5. The van der Waals surface area contributed by atoms with E-state index in [0.29, 0.717) is 24.5 Å². The van der Waals surface area contributed by atoms with Crippen molar-refractivity contribution in [2.24, 2.45) is 0 Å². The van der Waals surface area contributed by atoms with Gasteiger partial charge in [-0.1, -0.05) is 0 Å². The molecule has 5 heteroatoms. The summed E-state index contributed by atoms with van der Waals surface area (Å²) in [6, 6.07) is 2.21. The molecule has 0 saturated heterocycles. The van der Waals surface area contributed by atoms with Gasteiger partial charge >= 0.3 is 0 Å². The van der Waals surface area contributed by atoms with Gasteiger partial charge in [0.1, 0.15) is 5.82 Å². The topological polar surface area (TPSA) is 12.5 Å². The van der Waals surface area contributed by atoms with Gasteiger partial charge in [0.25, 0.3) is 0 Å². The summed E-state index contributed by atoms with van der Waals surface area (Å²) in [5.74, 6) is -0.657. The van der Waals surface area contributed by atoms with Crippen molar-refractivity contribution >= 4 is 11.6 Å². The van der Waals surface area contributed by atoms with Gasteiger partial charge in [0.15, 0.2) is 11.6 Å². The van der Waals surface area contributed by atoms with Crippen molar-refractivity contribution in [3.05, 3.63) is 29.3 Å². The lowest BCUT2D eigenvalue weighted by Crippen LogP contribution is -2.20. The lowest BCUT2D eigenvalue weighted by Gasteiger charge is -2.16. The molecule has 0 unspecified atom stereocenters. The lowest BCUT2D eigenvalue weighted by molar-refractivity contribution is 0.337. The van der Waals surface area contributed by atoms with Gasteiger partial charge in [-0.05, 0) is 13.1 Å². The van der Waals surface area contributed by atoms with Gasteiger partial charge in [0, 0.05) is 30.6 Å². The molecule has 1 rings (SSSR count). The number of alkyl halides is 1. The van der Waals surface area contributed by atoms with Gasteiger partial charge in [-0.3, -0.25) is 0 Å². The van der Waals surface area contributed by atoms with Crippen molar-refractivity contribution in [1.82, 2.24) is 4.90 Å². The molecule has 0 aromatic heterocycles. The fourth-order valence-electron chi connectivity index (χ4n) is 1.36. The predicted molar refractivity (Wildman–Crippen MR) is 60.0 cm³/mol. The van der Waals surface area contributed by atoms with Crippen LogP contribution >= 0.6 is 11.6 Å². The molecule has 0 amide bonds. The Labute approximate surface area is 98.8 Å². The minimum absolute atomic E-state index is 0.0822. The molecule has 1 aromatic rings. The average Bonchev–Trinajstić information content (AvgIpc) is 2.23. The number of hydrogen-bond donors (Lipinski definition) is 0. The molecule has 0 fully saturated rings. The molecular weight excluding hydrogens is 236 g/mol. The molecule has 0 saturated carbocycles. The number of benzene rings is 1. The first-order valence-electron chi connectivity index (χ1n) is 4.85. The van der Waals surface area contributed by atoms with E-state index in [9.17, 15) is 8.78 Å². The van der Waals surface area contributed by atoms with Crippen molar-refractivity contribution in [3.8, 4) is 5.75 Å². The Morgan fingerprint density at radius 2 is 2.00 bits per heavy atom. The highest BCUT2D eigenvalue weighted by Crippen LogP contribution is 2.21. The monoisotopic (exact) mass is 249 g/mol. The summed E-state index contributed by atoms with van der Waals surface area (Å²) in [6.07, 6.45) is 0. The first-order chi connectivity index (χ1) is 7.58. The highest BCUT2D eigenvalue weighted by atomic mass is 35.5. The van der Waals surface area contributed by atoms with Crippen molar-refractivity contribution in [3.63, 3.8) is 0 Å². The molecule has 0 aliphatic heterocycles. The number of hydrogen-bond acceptors (Lipinski definition) is 2. The van der Waals surface area contributed by atoms with Crippen molar-refractivity contribution < 1.29 is 13.5 Å². The maximum Gasteiger partial charge on any atom is 0.165 e. The average molecular weight is 250 g/mol. The molecule has 0 aliphatic rings. The minimum Gasteiger partial charge on any atom is -0.494 e. The van der Waals surface area contributed by atoms with E-state index in [-0.39, 0.29) is 5.75 Å². The summed E-state index contributed by atoms with van der Waals surface area (Å²) in [7, 11) is 3.10. The zero-order valence-corrected chi connectivity index (χ0v) is 10.0. The Balaban J connectivity index is 2.85. The van der Waals surface area contributed by atoms with Crippen molar-refractivity contribution in [1.29, 1.82) is 0 Å². The van der Waals surface area contributed by atoms with E-state index in [1.165, 1.54) is 7.11 Å². The van der Waals surface area contributed by atoms with Crippen LogP contribution in [-0.4, -0.2) is 31.5 Å². The SMILES string of the molecule is COc1cc(F)c(CN(C)CCCl)cc1F. The van der Waals surface area contributed by atoms with E-state index in [2.05, 4.69) is 4.74 Å². The molecule has 0 bridgehead atoms. The third-order valence-corrected chi connectivity index (χ3v) is 2.40. The summed E-state index contributed by atoms with van der Waals surface area (Å²) >= 11 is 5.55. The molecule has 0 radical (unpaired) electrons. The molecular formula is C11H14ClF2NO. The van der Waals surface area contributed by atoms with E-state index < -0.39 is 11.6 Å². The lowest BCUT2D eigenvalue weighted by atomic mass is 10.2. The van der Waals surface area contributed by atoms with E-state index in [1.807, 2.05) is 4.90 Å². The minimum atomic E-state index is -0.557. The zero-order valence-electron chi connectivity index (χ0n) is 9.27. The number of ether oxygens (including phenoxy) is 1. The van der Waals surface area contributed by atoms with E-state index in [0.717, 1.165) is 12.1 Å². The van der Waals surface area contributed by atoms with Crippen LogP contribution in [0, 0.1) is 11.6 Å². The fraction of sp³-hybridized carbons (Fsp3) is 0.455. The Hall–Kier alpha value is -0.870. The van der Waals surface area contributed by atoms with Crippen molar-refractivity contribution in [2.75, 3.05) is 26.6 Å². The fourth-order valence-corrected chi connectivity index (χ4v) is 1.65. The highest BCUT2D eigenvalue weighted by Gasteiger charge is 2.11. The second-order valence-electron chi connectivity index (χ2n) is 3.50. The van der Waals surface area contributed by atoms with E-state index in [1.54, 1.807) is 7.05 Å². The Morgan fingerprint density at radius 1 is 1.31 bits per heavy atom. The Morgan fingerprint density at radius 3 is 2.56 bits per heavy atom. The first kappa shape index (κ1) is 13.2. The number of rotatable bonds is 5. The van der Waals surface area contributed by atoms with Gasteiger partial charge in [-0.2, -0.15) is 0 Å². The van der Waals surface area contributed by atoms with Crippen molar-refractivity contribution in [2.45, 2.75) is 6.54 Å². The Bertz CT molecular complexity index is 360. The van der Waals surface area contributed by atoms with Crippen LogP contribution in [0.3, 0.4) is 0 Å². The highest BCUT2D eigenvalue weighted by molar-refractivity contribution is 6.18. The molecule has 0 aliphatic carbocycles. The van der Waals surface area contributed by atoms with Crippen LogP contribution in [-0.2, 0) is 6.54 Å². The molecule has 0 spiro atoms. The summed E-state index contributed by atoms with van der Waals surface area (Å²) < 4.78 is 31.5. The summed E-state index contributed by atoms with van der Waals surface area (Å²) in [5, 5.41) is 0. The van der Waals surface area contributed by atoms with Gasteiger partial charge in [0.05, 0.1) is 7.11 Å². The number of halogens is 3. The normalized spacial score (nSPS) is 10.9.